The van der Waals surface area contributed by atoms with Crippen LogP contribution in [0.2, 0.25) is 0 Å². The molecule has 12 heavy (non-hydrogen) atoms. The van der Waals surface area contributed by atoms with Crippen LogP contribution in [0.25, 0.3) is 0 Å². The van der Waals surface area contributed by atoms with E-state index in [1.54, 1.807) is 0 Å². The fourth-order valence-corrected chi connectivity index (χ4v) is 0.590. The summed E-state index contributed by atoms with van der Waals surface area (Å²) in [5, 5.41) is 25.1. The zero-order chi connectivity index (χ0) is 8.69. The topological polar surface area (TPSA) is 118 Å². The van der Waals surface area contributed by atoms with Crippen LogP contribution < -0.4 is 0 Å². The van der Waals surface area contributed by atoms with Gasteiger partial charge in [0.15, 0.2) is 0 Å². The van der Waals surface area contributed by atoms with Crippen LogP contribution in [0.15, 0.2) is 0 Å². The van der Waals surface area contributed by atoms with Gasteiger partial charge in [0.05, 0.1) is 32.3 Å². The molecule has 0 aromatic heterocycles. The molecule has 0 saturated heterocycles. The van der Waals surface area contributed by atoms with Crippen LogP contribution >= 0.6 is 0 Å². The Morgan fingerprint density at radius 3 is 2.33 bits per heavy atom. The predicted molar refractivity (Wildman–Crippen MR) is 39.8 cm³/mol. The normalized spacial score (nSPS) is 11.8. The molecule has 6 heteroatoms. The quantitative estimate of drug-likeness (QED) is 0.439. The van der Waals surface area contributed by atoms with Gasteiger partial charge in [-0.05, 0) is 0 Å². The van der Waals surface area contributed by atoms with E-state index in [0.717, 1.165) is 0 Å². The van der Waals surface area contributed by atoms with Crippen molar-refractivity contribution in [2.45, 2.75) is 12.5 Å². The molecule has 1 unspecified atom stereocenters. The first-order chi connectivity index (χ1) is 5.20. The molecule has 1 atom stereocenters. The van der Waals surface area contributed by atoms with Crippen LogP contribution in [-0.4, -0.2) is 52.7 Å². The van der Waals surface area contributed by atoms with E-state index in [1.165, 1.54) is 0 Å². The molecule has 0 radical (unpaired) electrons. The van der Waals surface area contributed by atoms with Gasteiger partial charge in [0.2, 0.25) is 0 Å². The second-order valence-electron chi connectivity index (χ2n) is 2.00. The first kappa shape index (κ1) is 13.9. The van der Waals surface area contributed by atoms with Crippen molar-refractivity contribution in [3.63, 3.8) is 0 Å². The number of aliphatic hydroxyl groups excluding tert-OH is 2. The molecule has 0 aromatic rings. The lowest BCUT2D eigenvalue weighted by molar-refractivity contribution is -0.141. The molecule has 5 N–H and O–H groups in total. The molecule has 0 saturated carbocycles. The maximum Gasteiger partial charge on any atom is 0.306 e. The summed E-state index contributed by atoms with van der Waals surface area (Å²) in [6.45, 7) is -0.457. The molecular weight excluding hydrogens is 168 g/mol. The summed E-state index contributed by atoms with van der Waals surface area (Å²) < 4.78 is 4.77. The number of ether oxygens (including phenoxy) is 1. The smallest absolute Gasteiger partial charge is 0.306 e. The van der Waals surface area contributed by atoms with Crippen molar-refractivity contribution in [1.82, 2.24) is 0 Å². The maximum atomic E-state index is 10.1. The third kappa shape index (κ3) is 7.42. The Hall–Kier alpha value is -0.690. The fourth-order valence-electron chi connectivity index (χ4n) is 0.590. The van der Waals surface area contributed by atoms with Crippen molar-refractivity contribution >= 4 is 5.97 Å². The molecule has 6 nitrogen and oxygen atoms in total. The number of rotatable bonds is 6. The number of carboxylic acids is 1. The van der Waals surface area contributed by atoms with Crippen LogP contribution in [0, 0.1) is 0 Å². The molecule has 0 spiro atoms. The molecule has 0 amide bonds. The minimum atomic E-state index is -1.03. The van der Waals surface area contributed by atoms with Gasteiger partial charge >= 0.3 is 5.97 Å². The zero-order valence-electron chi connectivity index (χ0n) is 6.56. The first-order valence-electron chi connectivity index (χ1n) is 3.25. The van der Waals surface area contributed by atoms with Gasteiger partial charge in [0.1, 0.15) is 0 Å². The SMILES string of the molecule is O.O=C(O)CC(CO)OCCO. The van der Waals surface area contributed by atoms with Gasteiger partial charge in [-0.3, -0.25) is 4.79 Å². The second-order valence-corrected chi connectivity index (χ2v) is 2.00. The van der Waals surface area contributed by atoms with Crippen LogP contribution in [0.4, 0.5) is 0 Å². The summed E-state index contributed by atoms with van der Waals surface area (Å²) in [5.41, 5.74) is 0. The molecule has 0 fully saturated rings. The molecule has 0 bridgehead atoms. The molecule has 74 valence electrons. The molecule has 0 rings (SSSR count). The summed E-state index contributed by atoms with van der Waals surface area (Å²) >= 11 is 0. The highest BCUT2D eigenvalue weighted by Gasteiger charge is 2.11. The van der Waals surface area contributed by atoms with Gasteiger partial charge in [0, 0.05) is 0 Å². The van der Waals surface area contributed by atoms with Gasteiger partial charge in [-0.25, -0.2) is 0 Å². The maximum absolute atomic E-state index is 10.1. The average Bonchev–Trinajstić information content (AvgIpc) is 1.97. The van der Waals surface area contributed by atoms with Gasteiger partial charge in [-0.1, -0.05) is 0 Å². The van der Waals surface area contributed by atoms with E-state index in [2.05, 4.69) is 0 Å². The van der Waals surface area contributed by atoms with E-state index in [1.807, 2.05) is 0 Å². The lowest BCUT2D eigenvalue weighted by atomic mass is 10.3. The van der Waals surface area contributed by atoms with Crippen molar-refractivity contribution in [3.05, 3.63) is 0 Å². The molecule has 0 aliphatic carbocycles. The molecule has 0 heterocycles. The fraction of sp³-hybridized carbons (Fsp3) is 0.833. The van der Waals surface area contributed by atoms with Crippen LogP contribution in [0.3, 0.4) is 0 Å². The average molecular weight is 182 g/mol. The second kappa shape index (κ2) is 8.41. The van der Waals surface area contributed by atoms with E-state index in [9.17, 15) is 4.79 Å². The minimum Gasteiger partial charge on any atom is -0.481 e. The number of hydrogen-bond acceptors (Lipinski definition) is 4. The minimum absolute atomic E-state index is 0. The highest BCUT2D eigenvalue weighted by molar-refractivity contribution is 5.67. The summed E-state index contributed by atoms with van der Waals surface area (Å²) in [5.74, 6) is -1.03. The Kier molecular flexibility index (Phi) is 9.72. The van der Waals surface area contributed by atoms with Crippen molar-refractivity contribution in [1.29, 1.82) is 0 Å². The number of hydrogen-bond donors (Lipinski definition) is 3. The highest BCUT2D eigenvalue weighted by atomic mass is 16.5. The van der Waals surface area contributed by atoms with E-state index in [0.29, 0.717) is 0 Å². The Balaban J connectivity index is 0. The Bertz CT molecular complexity index is 115. The third-order valence-electron chi connectivity index (χ3n) is 1.05. The Morgan fingerprint density at radius 2 is 2.00 bits per heavy atom. The van der Waals surface area contributed by atoms with Gasteiger partial charge in [0.25, 0.3) is 0 Å². The van der Waals surface area contributed by atoms with Gasteiger partial charge in [-0.15, -0.1) is 0 Å². The van der Waals surface area contributed by atoms with Crippen molar-refractivity contribution in [2.75, 3.05) is 19.8 Å². The van der Waals surface area contributed by atoms with Gasteiger partial charge < -0.3 is 25.5 Å². The molecular formula is C6H14O6. The standard InChI is InChI=1S/C6H12O5.H2O/c7-1-2-11-5(4-8)3-6(9)10;/h5,7-8H,1-4H2,(H,9,10);1H2. The number of aliphatic carboxylic acids is 1. The Morgan fingerprint density at radius 1 is 1.42 bits per heavy atom. The van der Waals surface area contributed by atoms with E-state index >= 15 is 0 Å². The molecule has 0 aliphatic rings. The summed E-state index contributed by atoms with van der Waals surface area (Å²) in [6, 6.07) is 0. The molecule has 0 aliphatic heterocycles. The van der Waals surface area contributed by atoms with Crippen LogP contribution in [0.1, 0.15) is 6.42 Å². The summed E-state index contributed by atoms with van der Waals surface area (Å²) in [6.07, 6.45) is -0.948. The van der Waals surface area contributed by atoms with Crippen LogP contribution in [-0.2, 0) is 9.53 Å². The highest BCUT2D eigenvalue weighted by Crippen LogP contribution is 1.96. The van der Waals surface area contributed by atoms with Crippen molar-refractivity contribution in [3.8, 4) is 0 Å². The Labute approximate surface area is 69.7 Å². The number of carboxylic acid groups (broad SMARTS) is 1. The first-order valence-corrected chi connectivity index (χ1v) is 3.25. The lowest BCUT2D eigenvalue weighted by Gasteiger charge is -2.11. The molecule has 0 aromatic carbocycles. The monoisotopic (exact) mass is 182 g/mol. The van der Waals surface area contributed by atoms with E-state index in [4.69, 9.17) is 20.1 Å². The number of aliphatic hydroxyl groups is 2. The van der Waals surface area contributed by atoms with Crippen LogP contribution in [0.5, 0.6) is 0 Å². The lowest BCUT2D eigenvalue weighted by Crippen LogP contribution is -2.22. The largest absolute Gasteiger partial charge is 0.481 e. The predicted octanol–water partition coefficient (Wildman–Crippen LogP) is -1.99. The van der Waals surface area contributed by atoms with Crippen molar-refractivity contribution < 1.29 is 30.3 Å². The summed E-state index contributed by atoms with van der Waals surface area (Å²) in [7, 11) is 0. The third-order valence-corrected chi connectivity index (χ3v) is 1.05. The number of carbonyl (C=O) groups is 1. The van der Waals surface area contributed by atoms with Gasteiger partial charge in [-0.2, -0.15) is 0 Å². The van der Waals surface area contributed by atoms with E-state index < -0.39 is 12.1 Å². The summed E-state index contributed by atoms with van der Waals surface area (Å²) in [4.78, 5) is 10.1. The van der Waals surface area contributed by atoms with Crippen molar-refractivity contribution in [2.24, 2.45) is 0 Å². The van der Waals surface area contributed by atoms with E-state index in [-0.39, 0.29) is 31.7 Å². The zero-order valence-corrected chi connectivity index (χ0v) is 6.56.